The highest BCUT2D eigenvalue weighted by molar-refractivity contribution is 5.75. The molecule has 0 radical (unpaired) electrons. The van der Waals surface area contributed by atoms with Crippen LogP contribution in [0.1, 0.15) is 5.56 Å². The molecule has 0 atom stereocenters. The second kappa shape index (κ2) is 11.0. The Morgan fingerprint density at radius 2 is 1.58 bits per heavy atom. The zero-order valence-electron chi connectivity index (χ0n) is 19.1. The van der Waals surface area contributed by atoms with Gasteiger partial charge in [0.05, 0.1) is 34.1 Å². The summed E-state index contributed by atoms with van der Waals surface area (Å²) < 4.78 is 22.4. The minimum absolute atomic E-state index is 0.195. The van der Waals surface area contributed by atoms with Gasteiger partial charge in [-0.25, -0.2) is 4.68 Å². The van der Waals surface area contributed by atoms with Gasteiger partial charge >= 0.3 is 0 Å². The van der Waals surface area contributed by atoms with Crippen LogP contribution in [0.15, 0.2) is 53.3 Å². The first kappa shape index (κ1) is 23.6. The summed E-state index contributed by atoms with van der Waals surface area (Å²) >= 11 is 0. The van der Waals surface area contributed by atoms with Crippen LogP contribution in [0, 0.1) is 0 Å². The van der Waals surface area contributed by atoms with E-state index in [1.54, 1.807) is 25.3 Å². The van der Waals surface area contributed by atoms with E-state index in [9.17, 15) is 9.59 Å². The number of hydrogen-bond donors (Lipinski definition) is 1. The molecule has 0 aliphatic carbocycles. The SMILES string of the molecule is COc1ccc(CCNC(=O)Cn2nc(-c3cc(OC)c(OC)c(OC)c3)ccc2=O)cc1. The monoisotopic (exact) mass is 453 g/mol. The van der Waals surface area contributed by atoms with Crippen LogP contribution >= 0.6 is 0 Å². The molecule has 0 saturated carbocycles. The lowest BCUT2D eigenvalue weighted by atomic mass is 10.1. The number of nitrogens with zero attached hydrogens (tertiary/aromatic N) is 2. The van der Waals surface area contributed by atoms with E-state index in [4.69, 9.17) is 18.9 Å². The maximum Gasteiger partial charge on any atom is 0.267 e. The third-order valence-electron chi connectivity index (χ3n) is 5.02. The van der Waals surface area contributed by atoms with Crippen LogP contribution in [-0.4, -0.2) is 50.7 Å². The van der Waals surface area contributed by atoms with Gasteiger partial charge in [-0.2, -0.15) is 5.10 Å². The maximum atomic E-state index is 12.4. The summed E-state index contributed by atoms with van der Waals surface area (Å²) in [6.45, 7) is 0.242. The summed E-state index contributed by atoms with van der Waals surface area (Å²) in [7, 11) is 6.17. The number of amides is 1. The van der Waals surface area contributed by atoms with E-state index in [-0.39, 0.29) is 18.0 Å². The molecule has 9 nitrogen and oxygen atoms in total. The predicted molar refractivity (Wildman–Crippen MR) is 123 cm³/mol. The summed E-state index contributed by atoms with van der Waals surface area (Å²) in [6.07, 6.45) is 0.656. The van der Waals surface area contributed by atoms with Crippen LogP contribution < -0.4 is 29.8 Å². The lowest BCUT2D eigenvalue weighted by Gasteiger charge is -2.14. The molecular weight excluding hydrogens is 426 g/mol. The molecule has 2 aromatic carbocycles. The minimum Gasteiger partial charge on any atom is -0.497 e. The highest BCUT2D eigenvalue weighted by atomic mass is 16.5. The first-order chi connectivity index (χ1) is 16.0. The van der Waals surface area contributed by atoms with Crippen LogP contribution in [0.3, 0.4) is 0 Å². The van der Waals surface area contributed by atoms with E-state index < -0.39 is 0 Å². The Hall–Kier alpha value is -4.01. The predicted octanol–water partition coefficient (Wildman–Crippen LogP) is 2.30. The van der Waals surface area contributed by atoms with Gasteiger partial charge in [0, 0.05) is 18.2 Å². The molecule has 33 heavy (non-hydrogen) atoms. The van der Waals surface area contributed by atoms with Crippen LogP contribution in [-0.2, 0) is 17.8 Å². The van der Waals surface area contributed by atoms with Crippen molar-refractivity contribution >= 4 is 5.91 Å². The number of benzene rings is 2. The van der Waals surface area contributed by atoms with E-state index >= 15 is 0 Å². The van der Waals surface area contributed by atoms with Gasteiger partial charge in [-0.05, 0) is 42.3 Å². The molecule has 0 saturated heterocycles. The number of ether oxygens (including phenoxy) is 4. The average Bonchev–Trinajstić information content (AvgIpc) is 2.84. The topological polar surface area (TPSA) is 101 Å². The largest absolute Gasteiger partial charge is 0.497 e. The maximum absolute atomic E-state index is 12.4. The lowest BCUT2D eigenvalue weighted by Crippen LogP contribution is -2.34. The zero-order valence-corrected chi connectivity index (χ0v) is 19.1. The van der Waals surface area contributed by atoms with E-state index in [0.29, 0.717) is 41.5 Å². The molecule has 174 valence electrons. The molecule has 3 rings (SSSR count). The van der Waals surface area contributed by atoms with Crippen molar-refractivity contribution in [3.63, 3.8) is 0 Å². The van der Waals surface area contributed by atoms with E-state index in [1.807, 2.05) is 24.3 Å². The number of methoxy groups -OCH3 is 4. The van der Waals surface area contributed by atoms with Crippen LogP contribution in [0.25, 0.3) is 11.3 Å². The molecule has 0 fully saturated rings. The Morgan fingerprint density at radius 3 is 2.15 bits per heavy atom. The Morgan fingerprint density at radius 1 is 0.909 bits per heavy atom. The average molecular weight is 453 g/mol. The van der Waals surface area contributed by atoms with Crippen LogP contribution in [0.2, 0.25) is 0 Å². The van der Waals surface area contributed by atoms with Gasteiger partial charge in [0.25, 0.3) is 5.56 Å². The van der Waals surface area contributed by atoms with Crippen molar-refractivity contribution in [2.45, 2.75) is 13.0 Å². The van der Waals surface area contributed by atoms with Crippen molar-refractivity contribution in [3.05, 3.63) is 64.4 Å². The van der Waals surface area contributed by atoms with Crippen LogP contribution in [0.4, 0.5) is 0 Å². The van der Waals surface area contributed by atoms with Gasteiger partial charge in [-0.15, -0.1) is 0 Å². The third kappa shape index (κ3) is 5.82. The van der Waals surface area contributed by atoms with E-state index in [2.05, 4.69) is 10.4 Å². The summed E-state index contributed by atoms with van der Waals surface area (Å²) in [4.78, 5) is 24.7. The highest BCUT2D eigenvalue weighted by Gasteiger charge is 2.16. The number of nitrogens with one attached hydrogen (secondary N) is 1. The molecule has 0 spiro atoms. The Balaban J connectivity index is 1.71. The number of carbonyl (C=O) groups is 1. The molecule has 1 N–H and O–H groups in total. The molecule has 1 heterocycles. The molecular formula is C24H27N3O6. The normalized spacial score (nSPS) is 10.4. The van der Waals surface area contributed by atoms with Crippen LogP contribution in [0.5, 0.6) is 23.0 Å². The Labute approximate surface area is 191 Å². The van der Waals surface area contributed by atoms with Crippen molar-refractivity contribution in [1.82, 2.24) is 15.1 Å². The summed E-state index contributed by atoms with van der Waals surface area (Å²) in [6, 6.07) is 14.0. The molecule has 9 heteroatoms. The zero-order chi connectivity index (χ0) is 23.8. The van der Waals surface area contributed by atoms with Gasteiger partial charge in [-0.1, -0.05) is 12.1 Å². The first-order valence-electron chi connectivity index (χ1n) is 10.3. The summed E-state index contributed by atoms with van der Waals surface area (Å²) in [5, 5.41) is 7.17. The third-order valence-corrected chi connectivity index (χ3v) is 5.02. The summed E-state index contributed by atoms with van der Waals surface area (Å²) in [5.41, 5.74) is 1.82. The first-order valence-corrected chi connectivity index (χ1v) is 10.3. The standard InChI is InChI=1S/C24H27N3O6/c1-30-18-7-5-16(6-8-18)11-12-25-22(28)15-27-23(29)10-9-19(26-27)17-13-20(31-2)24(33-4)21(14-17)32-3/h5-10,13-14H,11-12,15H2,1-4H3,(H,25,28). The molecule has 0 aliphatic heterocycles. The number of hydrogen-bond acceptors (Lipinski definition) is 7. The molecule has 0 bridgehead atoms. The van der Waals surface area contributed by atoms with Gasteiger partial charge in [0.1, 0.15) is 12.3 Å². The molecule has 1 amide bonds. The fourth-order valence-electron chi connectivity index (χ4n) is 3.28. The van der Waals surface area contributed by atoms with E-state index in [1.165, 1.54) is 27.4 Å². The molecule has 3 aromatic rings. The van der Waals surface area contributed by atoms with Crippen molar-refractivity contribution in [2.75, 3.05) is 35.0 Å². The van der Waals surface area contributed by atoms with Crippen molar-refractivity contribution in [1.29, 1.82) is 0 Å². The Kier molecular flexibility index (Phi) is 7.91. The Bertz CT molecular complexity index is 1130. The number of carbonyl (C=O) groups excluding carboxylic acids is 1. The lowest BCUT2D eigenvalue weighted by molar-refractivity contribution is -0.121. The van der Waals surface area contributed by atoms with Gasteiger partial charge in [-0.3, -0.25) is 9.59 Å². The second-order valence-corrected chi connectivity index (χ2v) is 7.08. The van der Waals surface area contributed by atoms with Crippen molar-refractivity contribution < 1.29 is 23.7 Å². The quantitative estimate of drug-likeness (QED) is 0.503. The highest BCUT2D eigenvalue weighted by Crippen LogP contribution is 2.40. The van der Waals surface area contributed by atoms with E-state index in [0.717, 1.165) is 16.0 Å². The van der Waals surface area contributed by atoms with Gasteiger partial charge in [0.2, 0.25) is 11.7 Å². The molecule has 0 unspecified atom stereocenters. The van der Waals surface area contributed by atoms with Crippen molar-refractivity contribution in [2.24, 2.45) is 0 Å². The molecule has 0 aliphatic rings. The van der Waals surface area contributed by atoms with Crippen molar-refractivity contribution in [3.8, 4) is 34.3 Å². The smallest absolute Gasteiger partial charge is 0.267 e. The fourth-order valence-corrected chi connectivity index (χ4v) is 3.28. The van der Waals surface area contributed by atoms with Gasteiger partial charge in [0.15, 0.2) is 11.5 Å². The second-order valence-electron chi connectivity index (χ2n) is 7.08. The number of aromatic nitrogens is 2. The van der Waals surface area contributed by atoms with Gasteiger partial charge < -0.3 is 24.3 Å². The summed E-state index contributed by atoms with van der Waals surface area (Å²) in [5.74, 6) is 1.85. The molecule has 1 aromatic heterocycles. The minimum atomic E-state index is -0.378. The fraction of sp³-hybridized carbons (Fsp3) is 0.292. The number of rotatable bonds is 10.